The standard InChI is InChI=1S/C16H17ClN2O4/c1-22-13-7-6-11(8-12(13)17)19-16(21)18-9-10-4-3-5-14(23-2)15(10)20/h3-8,20H,9H2,1-2H3,(H2,18,19,21). The lowest BCUT2D eigenvalue weighted by Crippen LogP contribution is -2.28. The minimum Gasteiger partial charge on any atom is -0.504 e. The number of amides is 2. The Morgan fingerprint density at radius 3 is 2.57 bits per heavy atom. The van der Waals surface area contributed by atoms with Crippen molar-refractivity contribution in [1.29, 1.82) is 0 Å². The Morgan fingerprint density at radius 2 is 1.91 bits per heavy atom. The molecule has 3 N–H and O–H groups in total. The molecule has 2 rings (SSSR count). The van der Waals surface area contributed by atoms with E-state index in [1.54, 1.807) is 36.4 Å². The molecule has 7 heteroatoms. The fraction of sp³-hybridized carbons (Fsp3) is 0.188. The van der Waals surface area contributed by atoms with Crippen LogP contribution >= 0.6 is 11.6 Å². The number of nitrogens with one attached hydrogen (secondary N) is 2. The van der Waals surface area contributed by atoms with E-state index in [-0.39, 0.29) is 12.3 Å². The average Bonchev–Trinajstić information content (AvgIpc) is 2.54. The van der Waals surface area contributed by atoms with Crippen molar-refractivity contribution < 1.29 is 19.4 Å². The van der Waals surface area contributed by atoms with E-state index in [1.165, 1.54) is 14.2 Å². The van der Waals surface area contributed by atoms with Crippen molar-refractivity contribution in [3.8, 4) is 17.2 Å². The van der Waals surface area contributed by atoms with Gasteiger partial charge in [-0.2, -0.15) is 0 Å². The molecular weight excluding hydrogens is 320 g/mol. The summed E-state index contributed by atoms with van der Waals surface area (Å²) in [7, 11) is 2.98. The number of carbonyl (C=O) groups is 1. The van der Waals surface area contributed by atoms with Crippen molar-refractivity contribution >= 4 is 23.3 Å². The van der Waals surface area contributed by atoms with Crippen LogP contribution in [0.15, 0.2) is 36.4 Å². The SMILES string of the molecule is COc1ccc(NC(=O)NCc2cccc(OC)c2O)cc1Cl. The van der Waals surface area contributed by atoms with Gasteiger partial charge in [0.15, 0.2) is 11.5 Å². The molecular formula is C16H17ClN2O4. The third kappa shape index (κ3) is 4.20. The number of halogens is 1. The smallest absolute Gasteiger partial charge is 0.319 e. The average molecular weight is 337 g/mol. The molecule has 0 bridgehead atoms. The summed E-state index contributed by atoms with van der Waals surface area (Å²) < 4.78 is 10.1. The molecule has 0 fully saturated rings. The fourth-order valence-corrected chi connectivity index (χ4v) is 2.23. The Balaban J connectivity index is 1.97. The monoisotopic (exact) mass is 336 g/mol. The first-order chi connectivity index (χ1) is 11.0. The zero-order valence-electron chi connectivity index (χ0n) is 12.7. The highest BCUT2D eigenvalue weighted by Gasteiger charge is 2.09. The highest BCUT2D eigenvalue weighted by Crippen LogP contribution is 2.29. The zero-order valence-corrected chi connectivity index (χ0v) is 13.5. The third-order valence-corrected chi connectivity index (χ3v) is 3.45. The first-order valence-electron chi connectivity index (χ1n) is 6.78. The van der Waals surface area contributed by atoms with E-state index in [0.717, 1.165) is 0 Å². The number of methoxy groups -OCH3 is 2. The molecule has 2 amide bonds. The van der Waals surface area contributed by atoms with Gasteiger partial charge in [0.1, 0.15) is 5.75 Å². The molecule has 0 saturated carbocycles. The molecule has 0 heterocycles. The number of phenolic OH excluding ortho intramolecular Hbond substituents is 1. The number of urea groups is 1. The predicted octanol–water partition coefficient (Wildman–Crippen LogP) is 3.38. The van der Waals surface area contributed by atoms with E-state index < -0.39 is 6.03 Å². The van der Waals surface area contributed by atoms with E-state index >= 15 is 0 Å². The fourth-order valence-electron chi connectivity index (χ4n) is 1.97. The van der Waals surface area contributed by atoms with E-state index in [9.17, 15) is 9.90 Å². The largest absolute Gasteiger partial charge is 0.504 e. The summed E-state index contributed by atoms with van der Waals surface area (Å²) in [4.78, 5) is 11.9. The van der Waals surface area contributed by atoms with Crippen molar-refractivity contribution in [1.82, 2.24) is 5.32 Å². The molecule has 0 aliphatic heterocycles. The van der Waals surface area contributed by atoms with Gasteiger partial charge in [0.05, 0.1) is 19.2 Å². The van der Waals surface area contributed by atoms with Gasteiger partial charge < -0.3 is 25.2 Å². The van der Waals surface area contributed by atoms with Crippen LogP contribution in [0.5, 0.6) is 17.2 Å². The highest BCUT2D eigenvalue weighted by atomic mass is 35.5. The number of hydrogen-bond donors (Lipinski definition) is 3. The van der Waals surface area contributed by atoms with Crippen LogP contribution in [-0.2, 0) is 6.54 Å². The summed E-state index contributed by atoms with van der Waals surface area (Å²) >= 11 is 6.00. The highest BCUT2D eigenvalue weighted by molar-refractivity contribution is 6.32. The molecule has 0 spiro atoms. The van der Waals surface area contributed by atoms with Crippen molar-refractivity contribution in [3.63, 3.8) is 0 Å². The molecule has 2 aromatic rings. The van der Waals surface area contributed by atoms with Crippen LogP contribution < -0.4 is 20.1 Å². The second-order valence-electron chi connectivity index (χ2n) is 4.63. The van der Waals surface area contributed by atoms with Crippen LogP contribution in [0.25, 0.3) is 0 Å². The number of anilines is 1. The van der Waals surface area contributed by atoms with Crippen molar-refractivity contribution in [2.75, 3.05) is 19.5 Å². The van der Waals surface area contributed by atoms with E-state index in [4.69, 9.17) is 21.1 Å². The summed E-state index contributed by atoms with van der Waals surface area (Å²) in [5.41, 5.74) is 1.08. The van der Waals surface area contributed by atoms with Gasteiger partial charge in [-0.15, -0.1) is 0 Å². The Kier molecular flexibility index (Phi) is 5.54. The van der Waals surface area contributed by atoms with E-state index in [2.05, 4.69) is 10.6 Å². The minimum absolute atomic E-state index is 0.00259. The van der Waals surface area contributed by atoms with Gasteiger partial charge in [0.25, 0.3) is 0 Å². The van der Waals surface area contributed by atoms with Crippen LogP contribution in [0.1, 0.15) is 5.56 Å². The molecule has 0 unspecified atom stereocenters. The molecule has 0 atom stereocenters. The second kappa shape index (κ2) is 7.60. The lowest BCUT2D eigenvalue weighted by atomic mass is 10.2. The van der Waals surface area contributed by atoms with Gasteiger partial charge in [0, 0.05) is 17.8 Å². The number of aromatic hydroxyl groups is 1. The first kappa shape index (κ1) is 16.8. The quantitative estimate of drug-likeness (QED) is 0.782. The van der Waals surface area contributed by atoms with Crippen LogP contribution in [0.2, 0.25) is 5.02 Å². The Hall–Kier alpha value is -2.60. The Morgan fingerprint density at radius 1 is 1.17 bits per heavy atom. The molecule has 2 aromatic carbocycles. The molecule has 0 aliphatic carbocycles. The zero-order chi connectivity index (χ0) is 16.8. The van der Waals surface area contributed by atoms with Crippen LogP contribution in [0.3, 0.4) is 0 Å². The minimum atomic E-state index is -0.423. The number of phenols is 1. The summed E-state index contributed by atoms with van der Waals surface area (Å²) in [5.74, 6) is 0.883. The summed E-state index contributed by atoms with van der Waals surface area (Å²) in [6.45, 7) is 0.152. The van der Waals surface area contributed by atoms with Gasteiger partial charge in [-0.1, -0.05) is 23.7 Å². The Labute approximate surface area is 139 Å². The summed E-state index contributed by atoms with van der Waals surface area (Å²) in [6, 6.07) is 9.56. The van der Waals surface area contributed by atoms with Crippen molar-refractivity contribution in [3.05, 3.63) is 47.0 Å². The van der Waals surface area contributed by atoms with Crippen LogP contribution in [0.4, 0.5) is 10.5 Å². The number of ether oxygens (including phenoxy) is 2. The van der Waals surface area contributed by atoms with Crippen LogP contribution in [-0.4, -0.2) is 25.4 Å². The molecule has 0 saturated heterocycles. The number of carbonyl (C=O) groups excluding carboxylic acids is 1. The molecule has 122 valence electrons. The molecule has 0 aliphatic rings. The Bertz CT molecular complexity index is 706. The van der Waals surface area contributed by atoms with Crippen molar-refractivity contribution in [2.45, 2.75) is 6.54 Å². The molecule has 0 aromatic heterocycles. The summed E-state index contributed by atoms with van der Waals surface area (Å²) in [6.07, 6.45) is 0. The maximum absolute atomic E-state index is 11.9. The normalized spacial score (nSPS) is 10.0. The lowest BCUT2D eigenvalue weighted by Gasteiger charge is -2.11. The van der Waals surface area contributed by atoms with Gasteiger partial charge in [0.2, 0.25) is 0 Å². The number of rotatable bonds is 5. The van der Waals surface area contributed by atoms with E-state index in [0.29, 0.717) is 27.8 Å². The lowest BCUT2D eigenvalue weighted by molar-refractivity contribution is 0.251. The number of benzene rings is 2. The van der Waals surface area contributed by atoms with Gasteiger partial charge in [-0.05, 0) is 24.3 Å². The number of para-hydroxylation sites is 1. The first-order valence-corrected chi connectivity index (χ1v) is 7.16. The maximum Gasteiger partial charge on any atom is 0.319 e. The van der Waals surface area contributed by atoms with Crippen LogP contribution in [0, 0.1) is 0 Å². The molecule has 6 nitrogen and oxygen atoms in total. The second-order valence-corrected chi connectivity index (χ2v) is 5.03. The van der Waals surface area contributed by atoms with E-state index in [1.807, 2.05) is 0 Å². The number of hydrogen-bond acceptors (Lipinski definition) is 4. The third-order valence-electron chi connectivity index (χ3n) is 3.15. The topological polar surface area (TPSA) is 79.8 Å². The maximum atomic E-state index is 11.9. The van der Waals surface area contributed by atoms with Gasteiger partial charge in [-0.25, -0.2) is 4.79 Å². The molecule has 23 heavy (non-hydrogen) atoms. The van der Waals surface area contributed by atoms with Crippen molar-refractivity contribution in [2.24, 2.45) is 0 Å². The van der Waals surface area contributed by atoms with Gasteiger partial charge >= 0.3 is 6.03 Å². The molecule has 0 radical (unpaired) electrons. The predicted molar refractivity (Wildman–Crippen MR) is 88.5 cm³/mol. The summed E-state index contributed by atoms with van der Waals surface area (Å²) in [5, 5.41) is 15.7. The van der Waals surface area contributed by atoms with Gasteiger partial charge in [-0.3, -0.25) is 0 Å².